The highest BCUT2D eigenvalue weighted by atomic mass is 16.4. The topological polar surface area (TPSA) is 87.1 Å². The van der Waals surface area contributed by atoms with Crippen LogP contribution in [0.2, 0.25) is 0 Å². The zero-order chi connectivity index (χ0) is 18.5. The number of aromatic nitrogens is 2. The second-order valence-electron chi connectivity index (χ2n) is 6.04. The summed E-state index contributed by atoms with van der Waals surface area (Å²) >= 11 is 0. The number of nitrogens with one attached hydrogen (secondary N) is 2. The Hall–Kier alpha value is -3.41. The van der Waals surface area contributed by atoms with E-state index in [9.17, 15) is 4.79 Å². The average Bonchev–Trinajstić information content (AvgIpc) is 2.60. The molecular weight excluding hydrogens is 328 g/mol. The third kappa shape index (κ3) is 4.57. The number of aromatic carboxylic acids is 1. The van der Waals surface area contributed by atoms with Gasteiger partial charge in [-0.25, -0.2) is 14.8 Å². The summed E-state index contributed by atoms with van der Waals surface area (Å²) in [6, 6.07) is 16.6. The zero-order valence-corrected chi connectivity index (χ0v) is 14.7. The standard InChI is InChI=1S/C20H20N4O2/c1-13-4-3-5-15(10-13)12-21-18-11-19(23-14(2)22-18)24-17-8-6-16(7-9-17)20(25)26/h3-11H,12H2,1-2H3,(H,25,26)(H2,21,22,23,24). The molecule has 0 saturated carbocycles. The Kier molecular flexibility index (Phi) is 5.12. The van der Waals surface area contributed by atoms with Gasteiger partial charge in [0.05, 0.1) is 5.56 Å². The molecular formula is C20H20N4O2. The van der Waals surface area contributed by atoms with Gasteiger partial charge in [0.15, 0.2) is 0 Å². The molecule has 1 heterocycles. The van der Waals surface area contributed by atoms with Gasteiger partial charge in [-0.05, 0) is 43.7 Å². The molecule has 0 atom stereocenters. The molecule has 3 N–H and O–H groups in total. The Morgan fingerprint density at radius 1 is 1.00 bits per heavy atom. The van der Waals surface area contributed by atoms with E-state index in [4.69, 9.17) is 5.11 Å². The van der Waals surface area contributed by atoms with E-state index in [1.807, 2.05) is 19.1 Å². The lowest BCUT2D eigenvalue weighted by molar-refractivity contribution is 0.0697. The van der Waals surface area contributed by atoms with E-state index in [1.54, 1.807) is 24.3 Å². The molecule has 0 aliphatic rings. The lowest BCUT2D eigenvalue weighted by Crippen LogP contribution is -2.05. The summed E-state index contributed by atoms with van der Waals surface area (Å²) in [7, 11) is 0. The molecule has 1 aromatic heterocycles. The minimum Gasteiger partial charge on any atom is -0.478 e. The molecule has 0 amide bonds. The van der Waals surface area contributed by atoms with Crippen molar-refractivity contribution in [1.29, 1.82) is 0 Å². The average molecular weight is 348 g/mol. The first kappa shape index (κ1) is 17.4. The Morgan fingerprint density at radius 2 is 1.73 bits per heavy atom. The van der Waals surface area contributed by atoms with Gasteiger partial charge in [0.1, 0.15) is 17.5 Å². The van der Waals surface area contributed by atoms with Crippen LogP contribution in [0.4, 0.5) is 17.3 Å². The smallest absolute Gasteiger partial charge is 0.335 e. The number of rotatable bonds is 6. The molecule has 6 heteroatoms. The van der Waals surface area contributed by atoms with Gasteiger partial charge in [0.25, 0.3) is 0 Å². The zero-order valence-electron chi connectivity index (χ0n) is 14.7. The highest BCUT2D eigenvalue weighted by molar-refractivity contribution is 5.88. The molecule has 2 aromatic carbocycles. The maximum absolute atomic E-state index is 10.9. The summed E-state index contributed by atoms with van der Waals surface area (Å²) in [6.07, 6.45) is 0. The van der Waals surface area contributed by atoms with Gasteiger partial charge in [-0.2, -0.15) is 0 Å². The van der Waals surface area contributed by atoms with Crippen LogP contribution in [0.15, 0.2) is 54.6 Å². The molecule has 26 heavy (non-hydrogen) atoms. The van der Waals surface area contributed by atoms with Gasteiger partial charge in [-0.15, -0.1) is 0 Å². The van der Waals surface area contributed by atoms with Crippen molar-refractivity contribution in [2.75, 3.05) is 10.6 Å². The van der Waals surface area contributed by atoms with Gasteiger partial charge >= 0.3 is 5.97 Å². The molecule has 3 rings (SSSR count). The molecule has 0 radical (unpaired) electrons. The molecule has 0 fully saturated rings. The van der Waals surface area contributed by atoms with Crippen molar-refractivity contribution in [1.82, 2.24) is 9.97 Å². The molecule has 6 nitrogen and oxygen atoms in total. The van der Waals surface area contributed by atoms with Crippen molar-refractivity contribution in [2.45, 2.75) is 20.4 Å². The number of hydrogen-bond donors (Lipinski definition) is 3. The Labute approximate surface area is 152 Å². The van der Waals surface area contributed by atoms with Crippen LogP contribution in [0.3, 0.4) is 0 Å². The lowest BCUT2D eigenvalue weighted by atomic mass is 10.1. The predicted octanol–water partition coefficient (Wildman–Crippen LogP) is 4.15. The predicted molar refractivity (Wildman–Crippen MR) is 102 cm³/mol. The van der Waals surface area contributed by atoms with E-state index >= 15 is 0 Å². The quantitative estimate of drug-likeness (QED) is 0.620. The monoisotopic (exact) mass is 348 g/mol. The van der Waals surface area contributed by atoms with E-state index in [-0.39, 0.29) is 5.56 Å². The number of nitrogens with zero attached hydrogens (tertiary/aromatic N) is 2. The molecule has 0 unspecified atom stereocenters. The minimum atomic E-state index is -0.947. The van der Waals surface area contributed by atoms with Gasteiger partial charge in [-0.3, -0.25) is 0 Å². The first-order valence-corrected chi connectivity index (χ1v) is 8.25. The minimum absolute atomic E-state index is 0.245. The summed E-state index contributed by atoms with van der Waals surface area (Å²) in [5.74, 6) is 1.07. The summed E-state index contributed by atoms with van der Waals surface area (Å²) < 4.78 is 0. The van der Waals surface area contributed by atoms with Crippen molar-refractivity contribution in [3.63, 3.8) is 0 Å². The second-order valence-corrected chi connectivity index (χ2v) is 6.04. The fraction of sp³-hybridized carbons (Fsp3) is 0.150. The third-order valence-electron chi connectivity index (χ3n) is 3.80. The van der Waals surface area contributed by atoms with Crippen LogP contribution in [0.5, 0.6) is 0 Å². The summed E-state index contributed by atoms with van der Waals surface area (Å²) in [4.78, 5) is 19.7. The number of aryl methyl sites for hydroxylation is 2. The number of hydrogen-bond acceptors (Lipinski definition) is 5. The van der Waals surface area contributed by atoms with Crippen LogP contribution in [0, 0.1) is 13.8 Å². The van der Waals surface area contributed by atoms with Gasteiger partial charge < -0.3 is 15.7 Å². The van der Waals surface area contributed by atoms with Crippen LogP contribution in [-0.2, 0) is 6.54 Å². The van der Waals surface area contributed by atoms with Crippen LogP contribution in [0.25, 0.3) is 0 Å². The largest absolute Gasteiger partial charge is 0.478 e. The molecule has 0 bridgehead atoms. The summed E-state index contributed by atoms with van der Waals surface area (Å²) in [5, 5.41) is 15.4. The molecule has 0 aliphatic heterocycles. The molecule has 0 saturated heterocycles. The number of carboxylic acids is 1. The molecule has 132 valence electrons. The van der Waals surface area contributed by atoms with Gasteiger partial charge in [0.2, 0.25) is 0 Å². The number of benzene rings is 2. The van der Waals surface area contributed by atoms with Crippen LogP contribution in [-0.4, -0.2) is 21.0 Å². The number of anilines is 3. The van der Waals surface area contributed by atoms with E-state index in [2.05, 4.69) is 45.7 Å². The van der Waals surface area contributed by atoms with Crippen molar-refractivity contribution in [3.05, 3.63) is 77.1 Å². The van der Waals surface area contributed by atoms with E-state index < -0.39 is 5.97 Å². The Balaban J connectivity index is 1.71. The SMILES string of the molecule is Cc1cccc(CNc2cc(Nc3ccc(C(=O)O)cc3)nc(C)n2)c1. The first-order valence-electron chi connectivity index (χ1n) is 8.25. The van der Waals surface area contributed by atoms with Crippen LogP contribution >= 0.6 is 0 Å². The maximum Gasteiger partial charge on any atom is 0.335 e. The van der Waals surface area contributed by atoms with E-state index in [1.165, 1.54) is 11.1 Å². The van der Waals surface area contributed by atoms with Crippen LogP contribution < -0.4 is 10.6 Å². The van der Waals surface area contributed by atoms with E-state index in [0.29, 0.717) is 18.2 Å². The molecule has 0 spiro atoms. The van der Waals surface area contributed by atoms with Crippen molar-refractivity contribution in [2.24, 2.45) is 0 Å². The molecule has 3 aromatic rings. The highest BCUT2D eigenvalue weighted by Crippen LogP contribution is 2.18. The second kappa shape index (κ2) is 7.65. The maximum atomic E-state index is 10.9. The molecule has 0 aliphatic carbocycles. The third-order valence-corrected chi connectivity index (χ3v) is 3.80. The fourth-order valence-electron chi connectivity index (χ4n) is 2.58. The van der Waals surface area contributed by atoms with Crippen molar-refractivity contribution >= 4 is 23.3 Å². The van der Waals surface area contributed by atoms with Crippen molar-refractivity contribution < 1.29 is 9.90 Å². The Morgan fingerprint density at radius 3 is 2.42 bits per heavy atom. The summed E-state index contributed by atoms with van der Waals surface area (Å²) in [5.41, 5.74) is 3.41. The van der Waals surface area contributed by atoms with Crippen LogP contribution in [0.1, 0.15) is 27.3 Å². The van der Waals surface area contributed by atoms with E-state index in [0.717, 1.165) is 11.5 Å². The van der Waals surface area contributed by atoms with Gasteiger partial charge in [0, 0.05) is 18.3 Å². The van der Waals surface area contributed by atoms with Gasteiger partial charge in [-0.1, -0.05) is 29.8 Å². The Bertz CT molecular complexity index is 923. The normalized spacial score (nSPS) is 10.4. The lowest BCUT2D eigenvalue weighted by Gasteiger charge is -2.11. The fourth-order valence-corrected chi connectivity index (χ4v) is 2.58. The highest BCUT2D eigenvalue weighted by Gasteiger charge is 2.05. The number of carbonyl (C=O) groups is 1. The van der Waals surface area contributed by atoms with Crippen molar-refractivity contribution in [3.8, 4) is 0 Å². The first-order chi connectivity index (χ1) is 12.5. The number of carboxylic acid groups (broad SMARTS) is 1. The summed E-state index contributed by atoms with van der Waals surface area (Å²) in [6.45, 7) is 4.57.